The van der Waals surface area contributed by atoms with Crippen LogP contribution in [-0.2, 0) is 19.2 Å². The van der Waals surface area contributed by atoms with E-state index in [1.165, 1.54) is 6.92 Å². The maximum Gasteiger partial charge on any atom is 0.327 e. The molecule has 3 amide bonds. The molecule has 10 nitrogen and oxygen atoms in total. The van der Waals surface area contributed by atoms with Crippen molar-refractivity contribution in [2.75, 3.05) is 5.75 Å². The summed E-state index contributed by atoms with van der Waals surface area (Å²) in [6.45, 7) is 8.67. The van der Waals surface area contributed by atoms with E-state index < -0.39 is 54.0 Å². The minimum absolute atomic E-state index is 0.00116. The largest absolute Gasteiger partial charge is 0.480 e. The first kappa shape index (κ1) is 28.1. The van der Waals surface area contributed by atoms with E-state index in [0.29, 0.717) is 6.42 Å². The van der Waals surface area contributed by atoms with Gasteiger partial charge in [0.15, 0.2) is 0 Å². The van der Waals surface area contributed by atoms with Crippen LogP contribution in [-0.4, -0.2) is 69.9 Å². The fourth-order valence-electron chi connectivity index (χ4n) is 2.59. The van der Waals surface area contributed by atoms with Crippen molar-refractivity contribution in [2.45, 2.75) is 77.7 Å². The molecule has 174 valence electrons. The van der Waals surface area contributed by atoms with Gasteiger partial charge in [-0.15, -0.1) is 0 Å². The van der Waals surface area contributed by atoms with E-state index >= 15 is 0 Å². The number of aliphatic hydroxyl groups excluding tert-OH is 1. The second-order valence-electron chi connectivity index (χ2n) is 7.91. The molecule has 0 rings (SSSR count). The second-order valence-corrected chi connectivity index (χ2v) is 8.28. The quantitative estimate of drug-likeness (QED) is 0.182. The molecule has 0 saturated carbocycles. The van der Waals surface area contributed by atoms with E-state index in [0.717, 1.165) is 0 Å². The molecule has 0 saturated heterocycles. The Morgan fingerprint density at radius 1 is 0.933 bits per heavy atom. The summed E-state index contributed by atoms with van der Waals surface area (Å²) in [5.41, 5.74) is 5.88. The van der Waals surface area contributed by atoms with Gasteiger partial charge in [0.1, 0.15) is 18.1 Å². The Kier molecular flexibility index (Phi) is 12.6. The molecule has 0 bridgehead atoms. The predicted molar refractivity (Wildman–Crippen MR) is 116 cm³/mol. The lowest BCUT2D eigenvalue weighted by Crippen LogP contribution is -2.60. The standard InChI is InChI=1S/C19H36N4O6S/c1-6-10(4)14(20)17(26)23-15(11(5)24)18(27)21-12(7-9(2)3)16(25)22-13(8-30)19(28)29/h9-15,24,30H,6-8,20H2,1-5H3,(H,21,27)(H,22,25)(H,23,26)(H,28,29). The molecule has 0 aromatic carbocycles. The Morgan fingerprint density at radius 2 is 1.47 bits per heavy atom. The van der Waals surface area contributed by atoms with Crippen molar-refractivity contribution in [1.82, 2.24) is 16.0 Å². The van der Waals surface area contributed by atoms with Gasteiger partial charge >= 0.3 is 5.97 Å². The van der Waals surface area contributed by atoms with Crippen LogP contribution in [0.4, 0.5) is 0 Å². The number of nitrogens with one attached hydrogen (secondary N) is 3. The molecule has 0 aliphatic rings. The molecule has 0 aliphatic heterocycles. The first-order chi connectivity index (χ1) is 13.8. The number of carbonyl (C=O) groups is 4. The molecular weight excluding hydrogens is 412 g/mol. The summed E-state index contributed by atoms with van der Waals surface area (Å²) in [6, 6.07) is -4.45. The van der Waals surface area contributed by atoms with Gasteiger partial charge in [-0.1, -0.05) is 34.1 Å². The van der Waals surface area contributed by atoms with Crippen LogP contribution in [0.25, 0.3) is 0 Å². The number of hydrogen-bond donors (Lipinski definition) is 7. The van der Waals surface area contributed by atoms with Crippen LogP contribution < -0.4 is 21.7 Å². The molecule has 0 fully saturated rings. The van der Waals surface area contributed by atoms with Crippen molar-refractivity contribution in [3.63, 3.8) is 0 Å². The highest BCUT2D eigenvalue weighted by atomic mass is 32.1. The number of carboxylic acids is 1. The highest BCUT2D eigenvalue weighted by molar-refractivity contribution is 7.80. The van der Waals surface area contributed by atoms with E-state index in [1.54, 1.807) is 6.92 Å². The van der Waals surface area contributed by atoms with Gasteiger partial charge in [-0.25, -0.2) is 4.79 Å². The zero-order chi connectivity index (χ0) is 23.6. The molecular formula is C19H36N4O6S. The molecule has 6 unspecified atom stereocenters. The van der Waals surface area contributed by atoms with Crippen LogP contribution in [0.15, 0.2) is 0 Å². The van der Waals surface area contributed by atoms with Crippen LogP contribution in [0.3, 0.4) is 0 Å². The smallest absolute Gasteiger partial charge is 0.327 e. The number of thiol groups is 1. The lowest BCUT2D eigenvalue weighted by Gasteiger charge is -2.27. The maximum atomic E-state index is 12.7. The van der Waals surface area contributed by atoms with Crippen LogP contribution in [0.2, 0.25) is 0 Å². The minimum Gasteiger partial charge on any atom is -0.480 e. The fraction of sp³-hybridized carbons (Fsp3) is 0.789. The number of hydrogen-bond acceptors (Lipinski definition) is 7. The number of amides is 3. The lowest BCUT2D eigenvalue weighted by molar-refractivity contribution is -0.141. The topological polar surface area (TPSA) is 171 Å². The Hall–Kier alpha value is -1.85. The van der Waals surface area contributed by atoms with Crippen LogP contribution in [0, 0.1) is 11.8 Å². The highest BCUT2D eigenvalue weighted by Gasteiger charge is 2.33. The minimum atomic E-state index is -1.32. The number of aliphatic hydroxyl groups is 1. The second kappa shape index (κ2) is 13.5. The third-order valence-corrected chi connectivity index (χ3v) is 5.12. The van der Waals surface area contributed by atoms with Crippen LogP contribution in [0.1, 0.15) is 47.5 Å². The van der Waals surface area contributed by atoms with Crippen molar-refractivity contribution in [2.24, 2.45) is 17.6 Å². The summed E-state index contributed by atoms with van der Waals surface area (Å²) in [5, 5.41) is 26.4. The SMILES string of the molecule is CCC(C)C(N)C(=O)NC(C(=O)NC(CC(C)C)C(=O)NC(CS)C(=O)O)C(C)O. The number of nitrogens with two attached hydrogens (primary N) is 1. The Morgan fingerprint density at radius 3 is 1.87 bits per heavy atom. The van der Waals surface area contributed by atoms with Crippen molar-refractivity contribution in [3.8, 4) is 0 Å². The summed E-state index contributed by atoms with van der Waals surface area (Å²) in [6.07, 6.45) is -0.360. The van der Waals surface area contributed by atoms with Gasteiger partial charge in [0.05, 0.1) is 12.1 Å². The number of rotatable bonds is 13. The van der Waals surface area contributed by atoms with Gasteiger partial charge in [0.2, 0.25) is 17.7 Å². The molecule has 0 radical (unpaired) electrons. The van der Waals surface area contributed by atoms with Gasteiger partial charge in [0, 0.05) is 5.75 Å². The van der Waals surface area contributed by atoms with Gasteiger partial charge < -0.3 is 31.9 Å². The third-order valence-electron chi connectivity index (χ3n) is 4.76. The summed E-state index contributed by atoms with van der Waals surface area (Å²) in [4.78, 5) is 48.8. The predicted octanol–water partition coefficient (Wildman–Crippen LogP) is -0.744. The van der Waals surface area contributed by atoms with Gasteiger partial charge in [-0.3, -0.25) is 14.4 Å². The summed E-state index contributed by atoms with van der Waals surface area (Å²) in [5.74, 6) is -3.55. The van der Waals surface area contributed by atoms with Gasteiger partial charge in [-0.2, -0.15) is 12.6 Å². The molecule has 0 aliphatic carbocycles. The van der Waals surface area contributed by atoms with E-state index in [1.807, 2.05) is 20.8 Å². The molecule has 30 heavy (non-hydrogen) atoms. The molecule has 11 heteroatoms. The van der Waals surface area contributed by atoms with E-state index in [2.05, 4.69) is 28.6 Å². The fourth-order valence-corrected chi connectivity index (χ4v) is 2.84. The molecule has 0 spiro atoms. The van der Waals surface area contributed by atoms with Gasteiger partial charge in [0.25, 0.3) is 0 Å². The van der Waals surface area contributed by atoms with Gasteiger partial charge in [-0.05, 0) is 25.2 Å². The monoisotopic (exact) mass is 448 g/mol. The van der Waals surface area contributed by atoms with Crippen LogP contribution in [0.5, 0.6) is 0 Å². The number of carbonyl (C=O) groups excluding carboxylic acids is 3. The highest BCUT2D eigenvalue weighted by Crippen LogP contribution is 2.09. The Balaban J connectivity index is 5.38. The summed E-state index contributed by atoms with van der Waals surface area (Å²) < 4.78 is 0. The molecule has 7 N–H and O–H groups in total. The lowest BCUT2D eigenvalue weighted by atomic mass is 9.98. The Labute approximate surface area is 183 Å². The maximum absolute atomic E-state index is 12.7. The molecule has 0 heterocycles. The zero-order valence-corrected chi connectivity index (χ0v) is 19.1. The van der Waals surface area contributed by atoms with Crippen molar-refractivity contribution in [1.29, 1.82) is 0 Å². The van der Waals surface area contributed by atoms with E-state index in [9.17, 15) is 24.3 Å². The summed E-state index contributed by atoms with van der Waals surface area (Å²) in [7, 11) is 0. The zero-order valence-electron chi connectivity index (χ0n) is 18.2. The average Bonchev–Trinajstić information content (AvgIpc) is 2.66. The van der Waals surface area contributed by atoms with Crippen molar-refractivity contribution in [3.05, 3.63) is 0 Å². The molecule has 0 aromatic rings. The summed E-state index contributed by atoms with van der Waals surface area (Å²) >= 11 is 3.90. The molecule has 6 atom stereocenters. The first-order valence-corrected chi connectivity index (χ1v) is 10.7. The first-order valence-electron chi connectivity index (χ1n) is 10.0. The normalized spacial score (nSPS) is 17.2. The third kappa shape index (κ3) is 9.31. The van der Waals surface area contributed by atoms with E-state index in [-0.39, 0.29) is 24.0 Å². The number of carboxylic acid groups (broad SMARTS) is 1. The van der Waals surface area contributed by atoms with Crippen molar-refractivity contribution < 1.29 is 29.4 Å². The van der Waals surface area contributed by atoms with E-state index in [4.69, 9.17) is 10.8 Å². The molecule has 0 aromatic heterocycles. The van der Waals surface area contributed by atoms with Crippen molar-refractivity contribution >= 4 is 36.3 Å². The number of aliphatic carboxylic acids is 1. The average molecular weight is 449 g/mol. The van der Waals surface area contributed by atoms with Crippen LogP contribution >= 0.6 is 12.6 Å². The Bertz CT molecular complexity index is 602.